The maximum absolute atomic E-state index is 3.28. The van der Waals surface area contributed by atoms with Crippen LogP contribution in [-0.4, -0.2) is 13.7 Å². The molecule has 0 saturated carbocycles. The van der Waals surface area contributed by atoms with Gasteiger partial charge in [0, 0.05) is 5.70 Å². The molecule has 0 aromatic heterocycles. The summed E-state index contributed by atoms with van der Waals surface area (Å²) in [7, 11) is 1.94. The first-order valence-electron chi connectivity index (χ1n) is 4.15. The van der Waals surface area contributed by atoms with Crippen LogP contribution in [0, 0.1) is 5.92 Å². The second kappa shape index (κ2) is 5.19. The zero-order valence-electron chi connectivity index (χ0n) is 8.28. The quantitative estimate of drug-likeness (QED) is 0.605. The molecule has 0 unspecified atom stereocenters. The highest BCUT2D eigenvalue weighted by molar-refractivity contribution is 5.09. The Hall–Kier alpha value is -0.500. The molecule has 2 N–H and O–H groups in total. The van der Waals surface area contributed by atoms with Crippen molar-refractivity contribution in [3.05, 3.63) is 11.3 Å². The standard InChI is InChI=1S/C9H20N2/c1-7(2)8(3)9(4)11-6-10-5/h7,10-11H,6H2,1-5H3/b9-8-. The molecule has 0 aromatic carbocycles. The summed E-state index contributed by atoms with van der Waals surface area (Å²) in [5, 5.41) is 6.33. The average molecular weight is 156 g/mol. The average Bonchev–Trinajstić information content (AvgIpc) is 1.98. The van der Waals surface area contributed by atoms with Crippen molar-refractivity contribution in [2.45, 2.75) is 27.7 Å². The molecule has 0 radical (unpaired) electrons. The molecule has 0 heterocycles. The molecule has 2 nitrogen and oxygen atoms in total. The Kier molecular flexibility index (Phi) is 4.95. The van der Waals surface area contributed by atoms with E-state index in [1.165, 1.54) is 11.3 Å². The Morgan fingerprint density at radius 2 is 1.82 bits per heavy atom. The van der Waals surface area contributed by atoms with E-state index in [2.05, 4.69) is 38.3 Å². The lowest BCUT2D eigenvalue weighted by Crippen LogP contribution is -2.25. The summed E-state index contributed by atoms with van der Waals surface area (Å²) in [6.45, 7) is 9.55. The maximum atomic E-state index is 3.28. The molecular formula is C9H20N2. The first-order valence-corrected chi connectivity index (χ1v) is 4.15. The third kappa shape index (κ3) is 4.04. The molecule has 0 atom stereocenters. The predicted molar refractivity (Wildman–Crippen MR) is 50.3 cm³/mol. The molecule has 0 rings (SSSR count). The number of hydrogen-bond donors (Lipinski definition) is 2. The smallest absolute Gasteiger partial charge is 0.0647 e. The highest BCUT2D eigenvalue weighted by Gasteiger charge is 1.99. The van der Waals surface area contributed by atoms with Gasteiger partial charge in [-0.15, -0.1) is 0 Å². The SMILES string of the molecule is CNCN/C(C)=C(/C)C(C)C. The molecule has 0 saturated heterocycles. The fraction of sp³-hybridized carbons (Fsp3) is 0.778. The molecule has 0 bridgehead atoms. The molecular weight excluding hydrogens is 136 g/mol. The van der Waals surface area contributed by atoms with Crippen LogP contribution < -0.4 is 10.6 Å². The molecule has 0 aromatic rings. The van der Waals surface area contributed by atoms with E-state index >= 15 is 0 Å². The Labute approximate surface area is 70.1 Å². The molecule has 0 aliphatic carbocycles. The number of hydrogen-bond acceptors (Lipinski definition) is 2. The fourth-order valence-corrected chi connectivity index (χ4v) is 0.793. The van der Waals surface area contributed by atoms with Gasteiger partial charge in [-0.1, -0.05) is 19.4 Å². The van der Waals surface area contributed by atoms with Crippen molar-refractivity contribution in [3.8, 4) is 0 Å². The molecule has 11 heavy (non-hydrogen) atoms. The number of rotatable bonds is 4. The summed E-state index contributed by atoms with van der Waals surface area (Å²) in [5.41, 5.74) is 2.72. The van der Waals surface area contributed by atoms with Crippen LogP contribution in [-0.2, 0) is 0 Å². The molecule has 0 aliphatic heterocycles. The van der Waals surface area contributed by atoms with Gasteiger partial charge in [0.25, 0.3) is 0 Å². The van der Waals surface area contributed by atoms with Gasteiger partial charge in [0.2, 0.25) is 0 Å². The highest BCUT2D eigenvalue weighted by atomic mass is 15.0. The molecule has 0 spiro atoms. The third-order valence-corrected chi connectivity index (χ3v) is 1.99. The Balaban J connectivity index is 3.94. The summed E-state index contributed by atoms with van der Waals surface area (Å²) in [6, 6.07) is 0. The minimum Gasteiger partial charge on any atom is -0.376 e. The van der Waals surface area contributed by atoms with Gasteiger partial charge in [0.1, 0.15) is 0 Å². The van der Waals surface area contributed by atoms with Crippen LogP contribution in [0.4, 0.5) is 0 Å². The van der Waals surface area contributed by atoms with Crippen molar-refractivity contribution in [1.29, 1.82) is 0 Å². The van der Waals surface area contributed by atoms with Crippen LogP contribution in [0.1, 0.15) is 27.7 Å². The first kappa shape index (κ1) is 10.5. The zero-order valence-corrected chi connectivity index (χ0v) is 8.28. The van der Waals surface area contributed by atoms with Crippen LogP contribution in [0.15, 0.2) is 11.3 Å². The van der Waals surface area contributed by atoms with Crippen molar-refractivity contribution >= 4 is 0 Å². The molecule has 2 heteroatoms. The van der Waals surface area contributed by atoms with Gasteiger partial charge in [-0.2, -0.15) is 0 Å². The van der Waals surface area contributed by atoms with Crippen LogP contribution in [0.3, 0.4) is 0 Å². The summed E-state index contributed by atoms with van der Waals surface area (Å²) >= 11 is 0. The largest absolute Gasteiger partial charge is 0.376 e. The molecule has 0 fully saturated rings. The molecule has 0 aliphatic rings. The van der Waals surface area contributed by atoms with E-state index in [1.807, 2.05) is 7.05 Å². The van der Waals surface area contributed by atoms with Crippen molar-refractivity contribution in [1.82, 2.24) is 10.6 Å². The van der Waals surface area contributed by atoms with Crippen LogP contribution >= 0.6 is 0 Å². The third-order valence-electron chi connectivity index (χ3n) is 1.99. The van der Waals surface area contributed by atoms with Gasteiger partial charge in [-0.3, -0.25) is 0 Å². The van der Waals surface area contributed by atoms with Crippen LogP contribution in [0.5, 0.6) is 0 Å². The van der Waals surface area contributed by atoms with E-state index in [0.29, 0.717) is 5.92 Å². The Morgan fingerprint density at radius 1 is 1.27 bits per heavy atom. The van der Waals surface area contributed by atoms with Gasteiger partial charge in [0.05, 0.1) is 6.67 Å². The monoisotopic (exact) mass is 156 g/mol. The first-order chi connectivity index (χ1) is 5.09. The second-order valence-electron chi connectivity index (χ2n) is 3.17. The van der Waals surface area contributed by atoms with Gasteiger partial charge < -0.3 is 10.6 Å². The topological polar surface area (TPSA) is 24.1 Å². The number of nitrogens with one attached hydrogen (secondary N) is 2. The second-order valence-corrected chi connectivity index (χ2v) is 3.17. The van der Waals surface area contributed by atoms with Crippen molar-refractivity contribution in [3.63, 3.8) is 0 Å². The van der Waals surface area contributed by atoms with E-state index in [4.69, 9.17) is 0 Å². The maximum Gasteiger partial charge on any atom is 0.0647 e. The Bertz CT molecular complexity index is 136. The van der Waals surface area contributed by atoms with E-state index in [9.17, 15) is 0 Å². The number of allylic oxidation sites excluding steroid dienone is 2. The van der Waals surface area contributed by atoms with E-state index in [1.54, 1.807) is 0 Å². The summed E-state index contributed by atoms with van der Waals surface area (Å²) in [6.07, 6.45) is 0. The van der Waals surface area contributed by atoms with Crippen LogP contribution in [0.25, 0.3) is 0 Å². The summed E-state index contributed by atoms with van der Waals surface area (Å²) < 4.78 is 0. The van der Waals surface area contributed by atoms with E-state index < -0.39 is 0 Å². The van der Waals surface area contributed by atoms with Gasteiger partial charge in [-0.25, -0.2) is 0 Å². The zero-order chi connectivity index (χ0) is 8.85. The predicted octanol–water partition coefficient (Wildman–Crippen LogP) is 1.70. The Morgan fingerprint density at radius 3 is 2.18 bits per heavy atom. The highest BCUT2D eigenvalue weighted by Crippen LogP contribution is 2.10. The van der Waals surface area contributed by atoms with Gasteiger partial charge in [-0.05, 0) is 26.8 Å². The van der Waals surface area contributed by atoms with Crippen molar-refractivity contribution in [2.24, 2.45) is 5.92 Å². The van der Waals surface area contributed by atoms with Gasteiger partial charge >= 0.3 is 0 Å². The lowest BCUT2D eigenvalue weighted by Gasteiger charge is -2.12. The van der Waals surface area contributed by atoms with Crippen molar-refractivity contribution in [2.75, 3.05) is 13.7 Å². The molecule has 66 valence electrons. The van der Waals surface area contributed by atoms with E-state index in [-0.39, 0.29) is 0 Å². The minimum atomic E-state index is 0.638. The van der Waals surface area contributed by atoms with Crippen LogP contribution in [0.2, 0.25) is 0 Å². The minimum absolute atomic E-state index is 0.638. The lowest BCUT2D eigenvalue weighted by molar-refractivity contribution is 0.672. The van der Waals surface area contributed by atoms with Gasteiger partial charge in [0.15, 0.2) is 0 Å². The summed E-state index contributed by atoms with van der Waals surface area (Å²) in [4.78, 5) is 0. The van der Waals surface area contributed by atoms with E-state index in [0.717, 1.165) is 6.67 Å². The fourth-order valence-electron chi connectivity index (χ4n) is 0.793. The molecule has 0 amide bonds. The summed E-state index contributed by atoms with van der Waals surface area (Å²) in [5.74, 6) is 0.638. The van der Waals surface area contributed by atoms with Crippen molar-refractivity contribution < 1.29 is 0 Å². The lowest BCUT2D eigenvalue weighted by atomic mass is 10.0. The normalized spacial score (nSPS) is 13.3.